The van der Waals surface area contributed by atoms with Gasteiger partial charge in [0.25, 0.3) is 0 Å². The van der Waals surface area contributed by atoms with Crippen LogP contribution in [-0.4, -0.2) is 9.97 Å². The Morgan fingerprint density at radius 1 is 0.483 bits per heavy atom. The van der Waals surface area contributed by atoms with Gasteiger partial charge in [-0.25, -0.2) is 9.97 Å². The molecule has 0 spiro atoms. The largest absolute Gasteiger partial charge is 0.233 e. The van der Waals surface area contributed by atoms with Crippen molar-refractivity contribution in [3.63, 3.8) is 0 Å². The van der Waals surface area contributed by atoms with E-state index in [2.05, 4.69) is 78.9 Å². The zero-order valence-corrected chi connectivity index (χ0v) is 16.2. The summed E-state index contributed by atoms with van der Waals surface area (Å²) in [7, 11) is 0. The Morgan fingerprint density at radius 3 is 1.76 bits per heavy atom. The van der Waals surface area contributed by atoms with Crippen molar-refractivity contribution in [2.24, 2.45) is 0 Å². The predicted molar refractivity (Wildman–Crippen MR) is 121 cm³/mol. The lowest BCUT2D eigenvalue weighted by Crippen LogP contribution is -1.95. The van der Waals surface area contributed by atoms with Gasteiger partial charge in [-0.1, -0.05) is 103 Å². The summed E-state index contributed by atoms with van der Waals surface area (Å²) in [6.45, 7) is 1.96. The molecule has 0 radical (unpaired) electrons. The standard InChI is InChI=1S/C27H20N2/c1-19-28-26(23-11-6-3-7-12-23)25-14-8-13-24(27(25)29-19)22-17-15-21(16-18-22)20-9-4-2-5-10-20/h2-18H,1H3. The molecular weight excluding hydrogens is 352 g/mol. The van der Waals surface area contributed by atoms with E-state index in [1.807, 2.05) is 31.2 Å². The first-order valence-corrected chi connectivity index (χ1v) is 9.78. The van der Waals surface area contributed by atoms with Crippen LogP contribution in [0.4, 0.5) is 0 Å². The number of fused-ring (bicyclic) bond motifs is 1. The first kappa shape index (κ1) is 17.3. The zero-order valence-electron chi connectivity index (χ0n) is 16.2. The van der Waals surface area contributed by atoms with E-state index in [9.17, 15) is 0 Å². The van der Waals surface area contributed by atoms with Crippen LogP contribution >= 0.6 is 0 Å². The summed E-state index contributed by atoms with van der Waals surface area (Å²) in [5.74, 6) is 0.782. The molecule has 4 aromatic carbocycles. The van der Waals surface area contributed by atoms with Crippen LogP contribution in [0.25, 0.3) is 44.4 Å². The summed E-state index contributed by atoms with van der Waals surface area (Å²) in [5.41, 5.74) is 7.81. The van der Waals surface area contributed by atoms with E-state index in [-0.39, 0.29) is 0 Å². The zero-order chi connectivity index (χ0) is 19.6. The first-order valence-electron chi connectivity index (χ1n) is 9.78. The van der Waals surface area contributed by atoms with E-state index in [0.717, 1.165) is 39.1 Å². The number of hydrogen-bond donors (Lipinski definition) is 0. The van der Waals surface area contributed by atoms with Gasteiger partial charge in [0.05, 0.1) is 11.2 Å². The molecule has 0 fully saturated rings. The van der Waals surface area contributed by atoms with Crippen LogP contribution in [0.2, 0.25) is 0 Å². The normalized spacial score (nSPS) is 10.9. The lowest BCUT2D eigenvalue weighted by molar-refractivity contribution is 1.10. The van der Waals surface area contributed by atoms with Crippen LogP contribution in [0.3, 0.4) is 0 Å². The first-order chi connectivity index (χ1) is 14.3. The van der Waals surface area contributed by atoms with Crippen LogP contribution < -0.4 is 0 Å². The molecule has 5 aromatic rings. The van der Waals surface area contributed by atoms with Crippen molar-refractivity contribution in [1.82, 2.24) is 9.97 Å². The summed E-state index contributed by atoms with van der Waals surface area (Å²) in [6, 6.07) is 35.8. The van der Waals surface area contributed by atoms with Gasteiger partial charge in [-0.2, -0.15) is 0 Å². The molecule has 0 aliphatic heterocycles. The van der Waals surface area contributed by atoms with Gasteiger partial charge >= 0.3 is 0 Å². The quantitative estimate of drug-likeness (QED) is 0.343. The van der Waals surface area contributed by atoms with E-state index in [1.165, 1.54) is 11.1 Å². The summed E-state index contributed by atoms with van der Waals surface area (Å²) in [6.07, 6.45) is 0. The molecule has 5 rings (SSSR count). The van der Waals surface area contributed by atoms with Gasteiger partial charge in [0.15, 0.2) is 0 Å². The topological polar surface area (TPSA) is 25.8 Å². The molecule has 0 atom stereocenters. The Labute approximate surface area is 170 Å². The minimum Gasteiger partial charge on any atom is -0.233 e. The Bertz CT molecular complexity index is 1280. The maximum Gasteiger partial charge on any atom is 0.126 e. The average molecular weight is 372 g/mol. The Balaban J connectivity index is 1.65. The number of aryl methyl sites for hydroxylation is 1. The monoisotopic (exact) mass is 372 g/mol. The number of para-hydroxylation sites is 1. The highest BCUT2D eigenvalue weighted by atomic mass is 14.9. The molecule has 2 heteroatoms. The van der Waals surface area contributed by atoms with Gasteiger partial charge < -0.3 is 0 Å². The average Bonchev–Trinajstić information content (AvgIpc) is 2.79. The fraction of sp³-hybridized carbons (Fsp3) is 0.0370. The van der Waals surface area contributed by atoms with Gasteiger partial charge in [-0.15, -0.1) is 0 Å². The number of nitrogens with zero attached hydrogens (tertiary/aromatic N) is 2. The molecule has 0 unspecified atom stereocenters. The molecule has 0 bridgehead atoms. The molecular formula is C27H20N2. The van der Waals surface area contributed by atoms with Crippen molar-refractivity contribution in [2.45, 2.75) is 6.92 Å². The molecule has 0 aliphatic rings. The predicted octanol–water partition coefficient (Wildman–Crippen LogP) is 6.94. The van der Waals surface area contributed by atoms with Gasteiger partial charge in [-0.05, 0) is 23.6 Å². The van der Waals surface area contributed by atoms with Gasteiger partial charge in [0.2, 0.25) is 0 Å². The minimum atomic E-state index is 0.782. The molecule has 138 valence electrons. The maximum atomic E-state index is 4.81. The highest BCUT2D eigenvalue weighted by molar-refractivity contribution is 6.00. The van der Waals surface area contributed by atoms with Crippen molar-refractivity contribution < 1.29 is 0 Å². The van der Waals surface area contributed by atoms with Crippen molar-refractivity contribution in [3.8, 4) is 33.5 Å². The van der Waals surface area contributed by atoms with Crippen LogP contribution in [0, 0.1) is 6.92 Å². The summed E-state index contributed by atoms with van der Waals surface area (Å²) >= 11 is 0. The second kappa shape index (κ2) is 7.33. The molecule has 1 heterocycles. The molecule has 2 nitrogen and oxygen atoms in total. The molecule has 0 aliphatic carbocycles. The van der Waals surface area contributed by atoms with Crippen molar-refractivity contribution in [2.75, 3.05) is 0 Å². The van der Waals surface area contributed by atoms with Crippen LogP contribution in [0.15, 0.2) is 103 Å². The Hall–Kier alpha value is -3.78. The van der Waals surface area contributed by atoms with Gasteiger partial charge in [-0.3, -0.25) is 0 Å². The molecule has 0 N–H and O–H groups in total. The summed E-state index contributed by atoms with van der Waals surface area (Å²) in [5, 5.41) is 1.08. The van der Waals surface area contributed by atoms with Crippen molar-refractivity contribution in [1.29, 1.82) is 0 Å². The van der Waals surface area contributed by atoms with Crippen molar-refractivity contribution >= 4 is 10.9 Å². The molecule has 0 saturated carbocycles. The number of benzene rings is 4. The van der Waals surface area contributed by atoms with Crippen LogP contribution in [0.5, 0.6) is 0 Å². The Morgan fingerprint density at radius 2 is 1.07 bits per heavy atom. The lowest BCUT2D eigenvalue weighted by Gasteiger charge is -2.11. The molecule has 1 aromatic heterocycles. The number of hydrogen-bond acceptors (Lipinski definition) is 2. The maximum absolute atomic E-state index is 4.81. The SMILES string of the molecule is Cc1nc(-c2ccccc2)c2cccc(-c3ccc(-c4ccccc4)cc3)c2n1. The van der Waals surface area contributed by atoms with Crippen LogP contribution in [0.1, 0.15) is 5.82 Å². The number of aromatic nitrogens is 2. The second-order valence-electron chi connectivity index (χ2n) is 7.13. The fourth-order valence-electron chi connectivity index (χ4n) is 3.79. The van der Waals surface area contributed by atoms with E-state index in [1.54, 1.807) is 0 Å². The van der Waals surface area contributed by atoms with E-state index < -0.39 is 0 Å². The molecule has 0 saturated heterocycles. The van der Waals surface area contributed by atoms with Crippen molar-refractivity contribution in [3.05, 3.63) is 109 Å². The number of rotatable bonds is 3. The van der Waals surface area contributed by atoms with E-state index in [0.29, 0.717) is 0 Å². The minimum absolute atomic E-state index is 0.782. The lowest BCUT2D eigenvalue weighted by atomic mass is 9.97. The van der Waals surface area contributed by atoms with Gasteiger partial charge in [0, 0.05) is 16.5 Å². The third-order valence-electron chi connectivity index (χ3n) is 5.19. The van der Waals surface area contributed by atoms with Gasteiger partial charge in [0.1, 0.15) is 5.82 Å². The third kappa shape index (κ3) is 3.30. The second-order valence-corrected chi connectivity index (χ2v) is 7.13. The fourth-order valence-corrected chi connectivity index (χ4v) is 3.79. The summed E-state index contributed by atoms with van der Waals surface area (Å²) in [4.78, 5) is 9.56. The Kier molecular flexibility index (Phi) is 4.38. The molecule has 0 amide bonds. The van der Waals surface area contributed by atoms with E-state index >= 15 is 0 Å². The highest BCUT2D eigenvalue weighted by Crippen LogP contribution is 2.33. The summed E-state index contributed by atoms with van der Waals surface area (Å²) < 4.78 is 0. The van der Waals surface area contributed by atoms with Crippen LogP contribution in [-0.2, 0) is 0 Å². The third-order valence-corrected chi connectivity index (χ3v) is 5.19. The molecule has 29 heavy (non-hydrogen) atoms. The smallest absolute Gasteiger partial charge is 0.126 e. The highest BCUT2D eigenvalue weighted by Gasteiger charge is 2.12. The van der Waals surface area contributed by atoms with E-state index in [4.69, 9.17) is 9.97 Å².